The Morgan fingerprint density at radius 3 is 2.71 bits per heavy atom. The van der Waals surface area contributed by atoms with Gasteiger partial charge in [-0.25, -0.2) is 4.39 Å². The lowest BCUT2D eigenvalue weighted by atomic mass is 10.0. The molecule has 0 aromatic heterocycles. The summed E-state index contributed by atoms with van der Waals surface area (Å²) in [6.45, 7) is 2.53. The molecular weight excluding hydrogens is 217 g/mol. The molecule has 3 heteroatoms. The van der Waals surface area contributed by atoms with Crippen molar-refractivity contribution < 1.29 is 9.13 Å². The highest BCUT2D eigenvalue weighted by Gasteiger charge is 2.24. The van der Waals surface area contributed by atoms with Gasteiger partial charge in [-0.05, 0) is 25.3 Å². The van der Waals surface area contributed by atoms with E-state index in [4.69, 9.17) is 10.5 Å². The summed E-state index contributed by atoms with van der Waals surface area (Å²) >= 11 is 0. The van der Waals surface area contributed by atoms with Gasteiger partial charge in [-0.15, -0.1) is 0 Å². The maximum absolute atomic E-state index is 13.7. The SMILES string of the molecule is CC(N)C(OCCC1CC1)c1ccccc1F. The number of hydrogen-bond donors (Lipinski definition) is 1. The topological polar surface area (TPSA) is 35.2 Å². The van der Waals surface area contributed by atoms with Gasteiger partial charge in [0, 0.05) is 18.2 Å². The molecule has 0 bridgehead atoms. The van der Waals surface area contributed by atoms with Gasteiger partial charge in [0.05, 0.1) is 0 Å². The smallest absolute Gasteiger partial charge is 0.129 e. The third-order valence-electron chi connectivity index (χ3n) is 3.21. The number of halogens is 1. The van der Waals surface area contributed by atoms with Crippen LogP contribution in [-0.2, 0) is 4.74 Å². The predicted molar refractivity (Wildman–Crippen MR) is 66.1 cm³/mol. The molecule has 0 spiro atoms. The van der Waals surface area contributed by atoms with Crippen LogP contribution in [0.3, 0.4) is 0 Å². The number of nitrogens with two attached hydrogens (primary N) is 1. The van der Waals surface area contributed by atoms with Gasteiger partial charge in [-0.3, -0.25) is 0 Å². The third-order valence-corrected chi connectivity index (χ3v) is 3.21. The van der Waals surface area contributed by atoms with Crippen molar-refractivity contribution in [3.8, 4) is 0 Å². The molecule has 0 radical (unpaired) electrons. The zero-order chi connectivity index (χ0) is 12.3. The largest absolute Gasteiger partial charge is 0.372 e. The molecule has 1 aromatic rings. The number of hydrogen-bond acceptors (Lipinski definition) is 2. The second-order valence-electron chi connectivity index (χ2n) is 4.90. The molecule has 2 rings (SSSR count). The summed E-state index contributed by atoms with van der Waals surface area (Å²) in [6, 6.07) is 6.50. The van der Waals surface area contributed by atoms with Crippen LogP contribution in [-0.4, -0.2) is 12.6 Å². The number of benzene rings is 1. The predicted octanol–water partition coefficient (Wildman–Crippen LogP) is 3.03. The van der Waals surface area contributed by atoms with Crippen LogP contribution in [0.2, 0.25) is 0 Å². The lowest BCUT2D eigenvalue weighted by Gasteiger charge is -2.22. The van der Waals surface area contributed by atoms with E-state index in [1.807, 2.05) is 13.0 Å². The maximum Gasteiger partial charge on any atom is 0.129 e. The zero-order valence-corrected chi connectivity index (χ0v) is 10.2. The second kappa shape index (κ2) is 5.61. The molecule has 1 saturated carbocycles. The molecule has 1 fully saturated rings. The minimum absolute atomic E-state index is 0.203. The molecule has 0 heterocycles. The van der Waals surface area contributed by atoms with E-state index in [2.05, 4.69) is 0 Å². The number of ether oxygens (including phenoxy) is 1. The van der Waals surface area contributed by atoms with Crippen LogP contribution in [0.25, 0.3) is 0 Å². The average molecular weight is 237 g/mol. The van der Waals surface area contributed by atoms with Crippen LogP contribution in [0.1, 0.15) is 37.9 Å². The lowest BCUT2D eigenvalue weighted by Crippen LogP contribution is -2.28. The van der Waals surface area contributed by atoms with E-state index >= 15 is 0 Å². The molecule has 0 aliphatic heterocycles. The molecule has 0 saturated heterocycles. The Morgan fingerprint density at radius 1 is 1.41 bits per heavy atom. The zero-order valence-electron chi connectivity index (χ0n) is 10.2. The molecular formula is C14H20FNO. The van der Waals surface area contributed by atoms with Crippen molar-refractivity contribution in [3.63, 3.8) is 0 Å². The van der Waals surface area contributed by atoms with Gasteiger partial charge in [0.25, 0.3) is 0 Å². The van der Waals surface area contributed by atoms with Crippen LogP contribution < -0.4 is 5.73 Å². The molecule has 2 N–H and O–H groups in total. The van der Waals surface area contributed by atoms with Crippen molar-refractivity contribution in [2.45, 2.75) is 38.3 Å². The molecule has 1 aliphatic carbocycles. The summed E-state index contributed by atoms with van der Waals surface area (Å²) in [7, 11) is 0. The molecule has 0 amide bonds. The van der Waals surface area contributed by atoms with E-state index in [1.54, 1.807) is 12.1 Å². The third kappa shape index (κ3) is 3.51. The fourth-order valence-electron chi connectivity index (χ4n) is 2.00. The van der Waals surface area contributed by atoms with E-state index in [0.29, 0.717) is 12.2 Å². The molecule has 17 heavy (non-hydrogen) atoms. The first kappa shape index (κ1) is 12.5. The Kier molecular flexibility index (Phi) is 4.13. The van der Waals surface area contributed by atoms with Crippen LogP contribution >= 0.6 is 0 Å². The minimum Gasteiger partial charge on any atom is -0.372 e. The second-order valence-corrected chi connectivity index (χ2v) is 4.90. The number of rotatable bonds is 6. The van der Waals surface area contributed by atoms with Crippen LogP contribution in [0.15, 0.2) is 24.3 Å². The van der Waals surface area contributed by atoms with Crippen molar-refractivity contribution in [1.82, 2.24) is 0 Å². The van der Waals surface area contributed by atoms with Gasteiger partial charge in [-0.2, -0.15) is 0 Å². The Hall–Kier alpha value is -0.930. The van der Waals surface area contributed by atoms with Crippen molar-refractivity contribution in [3.05, 3.63) is 35.6 Å². The van der Waals surface area contributed by atoms with E-state index in [1.165, 1.54) is 18.9 Å². The van der Waals surface area contributed by atoms with Crippen molar-refractivity contribution >= 4 is 0 Å². The van der Waals surface area contributed by atoms with E-state index in [-0.39, 0.29) is 18.0 Å². The molecule has 2 atom stereocenters. The molecule has 2 nitrogen and oxygen atoms in total. The fourth-order valence-corrected chi connectivity index (χ4v) is 2.00. The van der Waals surface area contributed by atoms with Crippen LogP contribution in [0.4, 0.5) is 4.39 Å². The molecule has 2 unspecified atom stereocenters. The molecule has 1 aliphatic rings. The van der Waals surface area contributed by atoms with Crippen LogP contribution in [0, 0.1) is 11.7 Å². The van der Waals surface area contributed by atoms with Gasteiger partial charge in [0.1, 0.15) is 11.9 Å². The highest BCUT2D eigenvalue weighted by atomic mass is 19.1. The fraction of sp³-hybridized carbons (Fsp3) is 0.571. The Labute approximate surface area is 102 Å². The monoisotopic (exact) mass is 237 g/mol. The normalized spacial score (nSPS) is 19.0. The van der Waals surface area contributed by atoms with Crippen LogP contribution in [0.5, 0.6) is 0 Å². The Morgan fingerprint density at radius 2 is 2.12 bits per heavy atom. The minimum atomic E-state index is -0.338. The highest BCUT2D eigenvalue weighted by molar-refractivity contribution is 5.21. The van der Waals surface area contributed by atoms with Crippen molar-refractivity contribution in [2.24, 2.45) is 11.7 Å². The summed E-state index contributed by atoms with van der Waals surface area (Å²) < 4.78 is 19.4. The molecule has 94 valence electrons. The van der Waals surface area contributed by atoms with E-state index in [9.17, 15) is 4.39 Å². The van der Waals surface area contributed by atoms with Crippen molar-refractivity contribution in [2.75, 3.05) is 6.61 Å². The van der Waals surface area contributed by atoms with Gasteiger partial charge in [0.15, 0.2) is 0 Å². The summed E-state index contributed by atoms with van der Waals surface area (Å²) in [6.07, 6.45) is 3.35. The van der Waals surface area contributed by atoms with Gasteiger partial charge < -0.3 is 10.5 Å². The Bertz CT molecular complexity index is 363. The van der Waals surface area contributed by atoms with E-state index in [0.717, 1.165) is 12.3 Å². The highest BCUT2D eigenvalue weighted by Crippen LogP contribution is 2.33. The Balaban J connectivity index is 1.97. The lowest BCUT2D eigenvalue weighted by molar-refractivity contribution is 0.0324. The summed E-state index contributed by atoms with van der Waals surface area (Å²) in [4.78, 5) is 0. The van der Waals surface area contributed by atoms with E-state index < -0.39 is 0 Å². The first-order valence-electron chi connectivity index (χ1n) is 6.30. The van der Waals surface area contributed by atoms with Gasteiger partial charge in [-0.1, -0.05) is 31.0 Å². The quantitative estimate of drug-likeness (QED) is 0.825. The van der Waals surface area contributed by atoms with Gasteiger partial charge >= 0.3 is 0 Å². The summed E-state index contributed by atoms with van der Waals surface area (Å²) in [5.74, 6) is 0.588. The first-order chi connectivity index (χ1) is 8.18. The average Bonchev–Trinajstić information content (AvgIpc) is 3.09. The van der Waals surface area contributed by atoms with Crippen molar-refractivity contribution in [1.29, 1.82) is 0 Å². The summed E-state index contributed by atoms with van der Waals surface area (Å²) in [5.41, 5.74) is 6.45. The maximum atomic E-state index is 13.7. The molecule has 1 aromatic carbocycles. The standard InChI is InChI=1S/C14H20FNO/c1-10(16)14(17-9-8-11-6-7-11)12-4-2-3-5-13(12)15/h2-5,10-11,14H,6-9,16H2,1H3. The first-order valence-corrected chi connectivity index (χ1v) is 6.30. The van der Waals surface area contributed by atoms with Gasteiger partial charge in [0.2, 0.25) is 0 Å². The summed E-state index contributed by atoms with van der Waals surface area (Å²) in [5, 5.41) is 0.